The van der Waals surface area contributed by atoms with Crippen molar-refractivity contribution >= 4 is 21.8 Å². The monoisotopic (exact) mass is 324 g/mol. The van der Waals surface area contributed by atoms with Crippen LogP contribution in [0.25, 0.3) is 0 Å². The third-order valence-corrected chi connectivity index (χ3v) is 4.68. The highest BCUT2D eigenvalue weighted by molar-refractivity contribution is 9.10. The molecular weight excluding hydrogens is 311 g/mol. The Kier molecular flexibility index (Phi) is 3.18. The minimum absolute atomic E-state index is 0.0296. The maximum atomic E-state index is 14.0. The van der Waals surface area contributed by atoms with Crippen molar-refractivity contribution in [1.82, 2.24) is 5.32 Å². The fraction of sp³-hybridized carbons (Fsp3) is 0.429. The number of hydrogen-bond acceptors (Lipinski definition) is 2. The van der Waals surface area contributed by atoms with E-state index in [1.54, 1.807) is 13.0 Å². The van der Waals surface area contributed by atoms with E-state index >= 15 is 0 Å². The Balaban J connectivity index is 2.28. The Labute approximate surface area is 119 Å². The second-order valence-electron chi connectivity index (χ2n) is 5.57. The molecule has 0 spiro atoms. The van der Waals surface area contributed by atoms with Gasteiger partial charge >= 0.3 is 0 Å². The molecule has 1 aromatic rings. The molecule has 1 aliphatic rings. The standard InChI is InChI=1S/C14H14BrFN2O/c1-8-10(15)5-4-9(11(8)16)12(19)18-14(7-17)6-13(14,2)3/h4-5H,6H2,1-3H3,(H,18,19). The molecule has 3 nitrogen and oxygen atoms in total. The molecule has 1 atom stereocenters. The van der Waals surface area contributed by atoms with Gasteiger partial charge in [-0.1, -0.05) is 29.8 Å². The fourth-order valence-corrected chi connectivity index (χ4v) is 2.46. The van der Waals surface area contributed by atoms with Crippen LogP contribution in [0.2, 0.25) is 0 Å². The summed E-state index contributed by atoms with van der Waals surface area (Å²) in [4.78, 5) is 12.1. The molecule has 1 N–H and O–H groups in total. The average Bonchev–Trinajstić information content (AvgIpc) is 2.88. The van der Waals surface area contributed by atoms with Crippen LogP contribution in [0.4, 0.5) is 4.39 Å². The first-order valence-corrected chi connectivity index (χ1v) is 6.72. The smallest absolute Gasteiger partial charge is 0.255 e. The van der Waals surface area contributed by atoms with E-state index < -0.39 is 17.3 Å². The number of halogens is 2. The van der Waals surface area contributed by atoms with E-state index in [2.05, 4.69) is 27.3 Å². The highest BCUT2D eigenvalue weighted by Crippen LogP contribution is 2.55. The zero-order valence-corrected chi connectivity index (χ0v) is 12.6. The van der Waals surface area contributed by atoms with E-state index in [4.69, 9.17) is 0 Å². The lowest BCUT2D eigenvalue weighted by atomic mass is 10.0. The zero-order valence-electron chi connectivity index (χ0n) is 11.0. The van der Waals surface area contributed by atoms with Crippen molar-refractivity contribution in [2.45, 2.75) is 32.7 Å². The summed E-state index contributed by atoms with van der Waals surface area (Å²) >= 11 is 3.21. The van der Waals surface area contributed by atoms with Crippen LogP contribution in [0.1, 0.15) is 36.2 Å². The molecule has 1 aromatic carbocycles. The lowest BCUT2D eigenvalue weighted by molar-refractivity contribution is 0.0930. The summed E-state index contributed by atoms with van der Waals surface area (Å²) < 4.78 is 14.6. The molecule has 1 fully saturated rings. The first kappa shape index (κ1) is 14.0. The van der Waals surface area contributed by atoms with Crippen molar-refractivity contribution in [2.24, 2.45) is 5.41 Å². The summed E-state index contributed by atoms with van der Waals surface area (Å²) in [7, 11) is 0. The molecule has 2 rings (SSSR count). The molecule has 0 bridgehead atoms. The molecule has 19 heavy (non-hydrogen) atoms. The third kappa shape index (κ3) is 2.14. The largest absolute Gasteiger partial charge is 0.333 e. The number of nitrogens with zero attached hydrogens (tertiary/aromatic N) is 1. The number of nitriles is 1. The summed E-state index contributed by atoms with van der Waals surface area (Å²) in [5, 5.41) is 11.8. The molecule has 0 radical (unpaired) electrons. The molecule has 0 saturated heterocycles. The Morgan fingerprint density at radius 1 is 1.53 bits per heavy atom. The van der Waals surface area contributed by atoms with Crippen LogP contribution >= 0.6 is 15.9 Å². The Bertz CT molecular complexity index is 606. The maximum Gasteiger partial charge on any atom is 0.255 e. The van der Waals surface area contributed by atoms with E-state index in [0.717, 1.165) is 0 Å². The molecule has 1 saturated carbocycles. The van der Waals surface area contributed by atoms with Crippen molar-refractivity contribution in [1.29, 1.82) is 5.26 Å². The fourth-order valence-electron chi connectivity index (χ4n) is 2.15. The quantitative estimate of drug-likeness (QED) is 0.907. The summed E-state index contributed by atoms with van der Waals surface area (Å²) in [6, 6.07) is 5.17. The van der Waals surface area contributed by atoms with Crippen molar-refractivity contribution < 1.29 is 9.18 Å². The highest BCUT2D eigenvalue weighted by atomic mass is 79.9. The number of carbonyl (C=O) groups excluding carboxylic acids is 1. The summed E-state index contributed by atoms with van der Waals surface area (Å²) in [5.74, 6) is -1.10. The van der Waals surface area contributed by atoms with Gasteiger partial charge in [-0.05, 0) is 31.0 Å². The highest BCUT2D eigenvalue weighted by Gasteiger charge is 2.63. The first-order chi connectivity index (χ1) is 8.74. The SMILES string of the molecule is Cc1c(Br)ccc(C(=O)NC2(C#N)CC2(C)C)c1F. The number of carbonyl (C=O) groups is 1. The summed E-state index contributed by atoms with van der Waals surface area (Å²) in [6.45, 7) is 5.40. The van der Waals surface area contributed by atoms with Crippen molar-refractivity contribution in [2.75, 3.05) is 0 Å². The molecular formula is C14H14BrFN2O. The maximum absolute atomic E-state index is 14.0. The molecule has 1 unspecified atom stereocenters. The van der Waals surface area contributed by atoms with Crippen LogP contribution in [-0.4, -0.2) is 11.4 Å². The third-order valence-electron chi connectivity index (χ3n) is 3.82. The molecule has 0 heterocycles. The van der Waals surface area contributed by atoms with E-state index in [9.17, 15) is 14.4 Å². The molecule has 100 valence electrons. The van der Waals surface area contributed by atoms with E-state index in [1.165, 1.54) is 6.07 Å². The van der Waals surface area contributed by atoms with E-state index in [1.807, 2.05) is 13.8 Å². The first-order valence-electron chi connectivity index (χ1n) is 5.92. The van der Waals surface area contributed by atoms with Gasteiger partial charge in [0.15, 0.2) is 0 Å². The van der Waals surface area contributed by atoms with Crippen molar-refractivity contribution in [3.8, 4) is 6.07 Å². The van der Waals surface area contributed by atoms with Crippen LogP contribution in [0.5, 0.6) is 0 Å². The van der Waals surface area contributed by atoms with Crippen LogP contribution in [0.3, 0.4) is 0 Å². The summed E-state index contributed by atoms with van der Waals surface area (Å²) in [6.07, 6.45) is 0.583. The normalized spacial score (nSPS) is 23.6. The van der Waals surface area contributed by atoms with Gasteiger partial charge in [0.25, 0.3) is 5.91 Å². The van der Waals surface area contributed by atoms with Crippen molar-refractivity contribution in [3.05, 3.63) is 33.5 Å². The average molecular weight is 325 g/mol. The van der Waals surface area contributed by atoms with Gasteiger partial charge < -0.3 is 5.32 Å². The lowest BCUT2D eigenvalue weighted by Gasteiger charge is -2.15. The van der Waals surface area contributed by atoms with Crippen LogP contribution in [0, 0.1) is 29.5 Å². The molecule has 5 heteroatoms. The molecule has 1 aliphatic carbocycles. The minimum atomic E-state index is -0.877. The van der Waals surface area contributed by atoms with Gasteiger partial charge in [0.1, 0.15) is 11.4 Å². The second kappa shape index (κ2) is 4.31. The summed E-state index contributed by atoms with van der Waals surface area (Å²) in [5.41, 5.74) is -0.790. The number of hydrogen-bond donors (Lipinski definition) is 1. The van der Waals surface area contributed by atoms with Gasteiger partial charge in [-0.25, -0.2) is 4.39 Å². The zero-order chi connectivity index (χ0) is 14.4. The number of rotatable bonds is 2. The second-order valence-corrected chi connectivity index (χ2v) is 6.42. The molecule has 1 amide bonds. The Morgan fingerprint density at radius 2 is 2.11 bits per heavy atom. The number of amides is 1. The van der Waals surface area contributed by atoms with Crippen LogP contribution in [0.15, 0.2) is 16.6 Å². The van der Waals surface area contributed by atoms with E-state index in [0.29, 0.717) is 16.5 Å². The Hall–Kier alpha value is -1.41. The predicted octanol–water partition coefficient (Wildman–Crippen LogP) is 3.32. The van der Waals surface area contributed by atoms with Crippen molar-refractivity contribution in [3.63, 3.8) is 0 Å². The molecule has 0 aromatic heterocycles. The van der Waals surface area contributed by atoms with Gasteiger partial charge in [0.2, 0.25) is 0 Å². The van der Waals surface area contributed by atoms with Gasteiger partial charge in [0.05, 0.1) is 11.6 Å². The predicted molar refractivity (Wildman–Crippen MR) is 73.0 cm³/mol. The van der Waals surface area contributed by atoms with Gasteiger partial charge in [-0.2, -0.15) is 5.26 Å². The number of nitrogens with one attached hydrogen (secondary N) is 1. The topological polar surface area (TPSA) is 52.9 Å². The number of benzene rings is 1. The Morgan fingerprint density at radius 3 is 2.58 bits per heavy atom. The van der Waals surface area contributed by atoms with E-state index in [-0.39, 0.29) is 11.0 Å². The van der Waals surface area contributed by atoms with Crippen LogP contribution < -0.4 is 5.32 Å². The minimum Gasteiger partial charge on any atom is -0.333 e. The van der Waals surface area contributed by atoms with Crippen LogP contribution in [-0.2, 0) is 0 Å². The lowest BCUT2D eigenvalue weighted by Crippen LogP contribution is -2.39. The molecule has 0 aliphatic heterocycles. The van der Waals surface area contributed by atoms with Gasteiger partial charge in [-0.3, -0.25) is 4.79 Å². The van der Waals surface area contributed by atoms with Gasteiger partial charge in [0, 0.05) is 9.89 Å². The van der Waals surface area contributed by atoms with Gasteiger partial charge in [-0.15, -0.1) is 0 Å².